The van der Waals surface area contributed by atoms with Crippen molar-refractivity contribution < 1.29 is 14.3 Å². The number of nitrogens with one attached hydrogen (secondary N) is 1. The SMILES string of the molecule is COC(=O)C1(NC(=O)Cc2cc(Br)ccc2C)CCC(C)CC1. The number of hydrogen-bond acceptors (Lipinski definition) is 3. The van der Waals surface area contributed by atoms with Gasteiger partial charge in [0, 0.05) is 4.47 Å². The van der Waals surface area contributed by atoms with Crippen LogP contribution in [0, 0.1) is 12.8 Å². The normalized spacial score (nSPS) is 24.1. The number of amides is 1. The molecule has 1 aliphatic rings. The molecule has 1 fully saturated rings. The van der Waals surface area contributed by atoms with Gasteiger partial charge in [-0.15, -0.1) is 0 Å². The minimum Gasteiger partial charge on any atom is -0.467 e. The lowest BCUT2D eigenvalue weighted by Gasteiger charge is -2.37. The van der Waals surface area contributed by atoms with Crippen molar-refractivity contribution in [3.8, 4) is 0 Å². The number of benzene rings is 1. The Morgan fingerprint density at radius 3 is 2.61 bits per heavy atom. The summed E-state index contributed by atoms with van der Waals surface area (Å²) in [7, 11) is 1.38. The molecule has 1 saturated carbocycles. The third kappa shape index (κ3) is 4.34. The highest BCUT2D eigenvalue weighted by Gasteiger charge is 2.43. The molecule has 1 N–H and O–H groups in total. The summed E-state index contributed by atoms with van der Waals surface area (Å²) < 4.78 is 5.91. The molecule has 0 radical (unpaired) electrons. The van der Waals surface area contributed by atoms with E-state index in [-0.39, 0.29) is 18.3 Å². The van der Waals surface area contributed by atoms with Crippen LogP contribution in [0.1, 0.15) is 43.7 Å². The van der Waals surface area contributed by atoms with Crippen LogP contribution in [0.2, 0.25) is 0 Å². The number of ether oxygens (including phenoxy) is 1. The van der Waals surface area contributed by atoms with Gasteiger partial charge in [-0.1, -0.05) is 28.9 Å². The molecule has 0 bridgehead atoms. The van der Waals surface area contributed by atoms with E-state index in [1.807, 2.05) is 25.1 Å². The number of aryl methyl sites for hydroxylation is 1. The molecular weight excluding hydrogens is 358 g/mol. The van der Waals surface area contributed by atoms with Crippen LogP contribution in [0.25, 0.3) is 0 Å². The minimum absolute atomic E-state index is 0.133. The van der Waals surface area contributed by atoms with E-state index in [2.05, 4.69) is 28.2 Å². The average molecular weight is 382 g/mol. The van der Waals surface area contributed by atoms with Crippen molar-refractivity contribution >= 4 is 27.8 Å². The van der Waals surface area contributed by atoms with E-state index < -0.39 is 5.54 Å². The predicted molar refractivity (Wildman–Crippen MR) is 93.1 cm³/mol. The zero-order valence-corrected chi connectivity index (χ0v) is 15.5. The highest BCUT2D eigenvalue weighted by molar-refractivity contribution is 9.10. The topological polar surface area (TPSA) is 55.4 Å². The highest BCUT2D eigenvalue weighted by atomic mass is 79.9. The molecule has 0 atom stereocenters. The van der Waals surface area contributed by atoms with Crippen molar-refractivity contribution in [3.05, 3.63) is 33.8 Å². The van der Waals surface area contributed by atoms with Gasteiger partial charge in [0.1, 0.15) is 5.54 Å². The Hall–Kier alpha value is -1.36. The lowest BCUT2D eigenvalue weighted by atomic mass is 9.77. The molecule has 1 aromatic rings. The van der Waals surface area contributed by atoms with Crippen LogP contribution in [0.3, 0.4) is 0 Å². The fraction of sp³-hybridized carbons (Fsp3) is 0.556. The molecule has 126 valence electrons. The lowest BCUT2D eigenvalue weighted by Crippen LogP contribution is -2.57. The molecule has 0 heterocycles. The number of hydrogen-bond donors (Lipinski definition) is 1. The van der Waals surface area contributed by atoms with Crippen molar-refractivity contribution in [1.29, 1.82) is 0 Å². The van der Waals surface area contributed by atoms with Crippen molar-refractivity contribution in [2.45, 2.75) is 51.5 Å². The molecule has 1 amide bonds. The molecule has 0 aromatic heterocycles. The van der Waals surface area contributed by atoms with Crippen molar-refractivity contribution in [1.82, 2.24) is 5.32 Å². The molecule has 4 nitrogen and oxygen atoms in total. The number of methoxy groups -OCH3 is 1. The summed E-state index contributed by atoms with van der Waals surface area (Å²) in [6.45, 7) is 4.15. The minimum atomic E-state index is -0.863. The summed E-state index contributed by atoms with van der Waals surface area (Å²) in [5.41, 5.74) is 1.16. The number of esters is 1. The summed E-state index contributed by atoms with van der Waals surface area (Å²) in [6.07, 6.45) is 3.39. The molecule has 23 heavy (non-hydrogen) atoms. The molecule has 1 aliphatic carbocycles. The molecule has 0 spiro atoms. The van der Waals surface area contributed by atoms with Crippen LogP contribution in [-0.4, -0.2) is 24.5 Å². The van der Waals surface area contributed by atoms with E-state index in [4.69, 9.17) is 4.74 Å². The second-order valence-corrected chi connectivity index (χ2v) is 7.47. The van der Waals surface area contributed by atoms with Crippen molar-refractivity contribution in [3.63, 3.8) is 0 Å². The van der Waals surface area contributed by atoms with Gasteiger partial charge < -0.3 is 10.1 Å². The van der Waals surface area contributed by atoms with Gasteiger partial charge in [0.25, 0.3) is 0 Å². The van der Waals surface area contributed by atoms with E-state index in [1.165, 1.54) is 7.11 Å². The van der Waals surface area contributed by atoms with E-state index in [9.17, 15) is 9.59 Å². The maximum Gasteiger partial charge on any atom is 0.331 e. The Morgan fingerprint density at radius 1 is 1.35 bits per heavy atom. The Kier molecular flexibility index (Phi) is 5.84. The van der Waals surface area contributed by atoms with Gasteiger partial charge in [0.05, 0.1) is 13.5 Å². The number of halogens is 1. The fourth-order valence-electron chi connectivity index (χ4n) is 3.15. The van der Waals surface area contributed by atoms with Crippen LogP contribution in [0.4, 0.5) is 0 Å². The van der Waals surface area contributed by atoms with E-state index in [0.29, 0.717) is 18.8 Å². The van der Waals surface area contributed by atoms with Crippen LogP contribution in [0.5, 0.6) is 0 Å². The molecule has 5 heteroatoms. The van der Waals surface area contributed by atoms with Gasteiger partial charge in [0.2, 0.25) is 5.91 Å². The summed E-state index contributed by atoms with van der Waals surface area (Å²) in [5, 5.41) is 2.97. The monoisotopic (exact) mass is 381 g/mol. The third-order valence-electron chi connectivity index (χ3n) is 4.74. The molecule has 0 unspecified atom stereocenters. The Labute approximate surface area is 146 Å². The Morgan fingerprint density at radius 2 is 2.00 bits per heavy atom. The second-order valence-electron chi connectivity index (χ2n) is 6.55. The number of carbonyl (C=O) groups is 2. The number of carbonyl (C=O) groups excluding carboxylic acids is 2. The molecule has 0 aliphatic heterocycles. The summed E-state index contributed by atoms with van der Waals surface area (Å²) >= 11 is 3.43. The van der Waals surface area contributed by atoms with Gasteiger partial charge in [-0.25, -0.2) is 4.79 Å². The lowest BCUT2D eigenvalue weighted by molar-refractivity contribution is -0.153. The first-order valence-corrected chi connectivity index (χ1v) is 8.80. The first-order chi connectivity index (χ1) is 10.9. The first-order valence-electron chi connectivity index (χ1n) is 8.01. The largest absolute Gasteiger partial charge is 0.467 e. The van der Waals surface area contributed by atoms with Gasteiger partial charge in [-0.2, -0.15) is 0 Å². The smallest absolute Gasteiger partial charge is 0.331 e. The first kappa shape index (κ1) is 18.0. The second kappa shape index (κ2) is 7.47. The molecule has 1 aromatic carbocycles. The van der Waals surface area contributed by atoms with Crippen LogP contribution in [0.15, 0.2) is 22.7 Å². The maximum atomic E-state index is 12.5. The zero-order valence-electron chi connectivity index (χ0n) is 13.9. The summed E-state index contributed by atoms with van der Waals surface area (Å²) in [6, 6.07) is 5.88. The molecule has 2 rings (SSSR count). The summed E-state index contributed by atoms with van der Waals surface area (Å²) in [4.78, 5) is 24.8. The van der Waals surface area contributed by atoms with Gasteiger partial charge in [0.15, 0.2) is 0 Å². The van der Waals surface area contributed by atoms with Gasteiger partial charge in [-0.05, 0) is 61.8 Å². The highest BCUT2D eigenvalue weighted by Crippen LogP contribution is 2.33. The van der Waals surface area contributed by atoms with E-state index in [1.54, 1.807) is 0 Å². The van der Waals surface area contributed by atoms with Gasteiger partial charge >= 0.3 is 5.97 Å². The summed E-state index contributed by atoms with van der Waals surface area (Å²) in [5.74, 6) is 0.117. The fourth-order valence-corrected chi connectivity index (χ4v) is 3.55. The van der Waals surface area contributed by atoms with Gasteiger partial charge in [-0.3, -0.25) is 4.79 Å². The van der Waals surface area contributed by atoms with Crippen molar-refractivity contribution in [2.75, 3.05) is 7.11 Å². The Balaban J connectivity index is 2.12. The third-order valence-corrected chi connectivity index (χ3v) is 5.24. The van der Waals surface area contributed by atoms with Crippen LogP contribution >= 0.6 is 15.9 Å². The standard InChI is InChI=1S/C18H24BrNO3/c1-12-6-8-18(9-7-12,17(22)23-3)20-16(21)11-14-10-15(19)5-4-13(14)2/h4-5,10,12H,6-9,11H2,1-3H3,(H,20,21). The van der Waals surface area contributed by atoms with Crippen LogP contribution in [-0.2, 0) is 20.7 Å². The molecular formula is C18H24BrNO3. The quantitative estimate of drug-likeness (QED) is 0.811. The maximum absolute atomic E-state index is 12.5. The predicted octanol–water partition coefficient (Wildman–Crippen LogP) is 3.54. The Bertz CT molecular complexity index is 592. The zero-order chi connectivity index (χ0) is 17.0. The number of rotatable bonds is 4. The van der Waals surface area contributed by atoms with Crippen LogP contribution < -0.4 is 5.32 Å². The average Bonchev–Trinajstić information content (AvgIpc) is 2.52. The van der Waals surface area contributed by atoms with E-state index in [0.717, 1.165) is 28.4 Å². The van der Waals surface area contributed by atoms with E-state index >= 15 is 0 Å². The van der Waals surface area contributed by atoms with Crippen molar-refractivity contribution in [2.24, 2.45) is 5.92 Å². The molecule has 0 saturated heterocycles.